The van der Waals surface area contributed by atoms with Crippen LogP contribution in [0.15, 0.2) is 65.1 Å². The summed E-state index contributed by atoms with van der Waals surface area (Å²) in [5.41, 5.74) is 4.34. The van der Waals surface area contributed by atoms with Gasteiger partial charge in [-0.2, -0.15) is 0 Å². The predicted molar refractivity (Wildman–Crippen MR) is 106 cm³/mol. The van der Waals surface area contributed by atoms with Crippen molar-refractivity contribution in [2.75, 3.05) is 6.54 Å². The van der Waals surface area contributed by atoms with E-state index in [4.69, 9.17) is 0 Å². The first kappa shape index (κ1) is 16.1. The average molecular weight is 398 g/mol. The molecule has 122 valence electrons. The Bertz CT molecular complexity index is 823. The number of benzene rings is 2. The van der Waals surface area contributed by atoms with Crippen LogP contribution in [0, 0.1) is 6.92 Å². The molecule has 0 aliphatic carbocycles. The molecule has 0 fully saturated rings. The van der Waals surface area contributed by atoms with Crippen LogP contribution in [-0.4, -0.2) is 11.4 Å². The van der Waals surface area contributed by atoms with E-state index in [1.54, 1.807) is 0 Å². The fourth-order valence-corrected chi connectivity index (χ4v) is 4.97. The number of hydrogen-bond acceptors (Lipinski definition) is 2. The Labute approximate surface area is 156 Å². The lowest BCUT2D eigenvalue weighted by molar-refractivity contribution is 0.235. The van der Waals surface area contributed by atoms with Crippen molar-refractivity contribution < 1.29 is 0 Å². The largest absolute Gasteiger partial charge is 0.293 e. The second-order valence-corrected chi connectivity index (χ2v) is 8.75. The first-order chi connectivity index (χ1) is 11.7. The molecule has 0 saturated heterocycles. The van der Waals surface area contributed by atoms with Crippen molar-refractivity contribution in [2.24, 2.45) is 0 Å². The van der Waals surface area contributed by atoms with Crippen LogP contribution >= 0.6 is 27.3 Å². The molecule has 1 nitrogen and oxygen atoms in total. The van der Waals surface area contributed by atoms with E-state index in [1.165, 1.54) is 26.4 Å². The Morgan fingerprint density at radius 3 is 2.58 bits per heavy atom. The Morgan fingerprint density at radius 2 is 1.83 bits per heavy atom. The minimum absolute atomic E-state index is 0.468. The second-order valence-electron chi connectivity index (χ2n) is 6.49. The number of aryl methyl sites for hydroxylation is 1. The second kappa shape index (κ2) is 6.83. The van der Waals surface area contributed by atoms with Crippen LogP contribution in [0.2, 0.25) is 0 Å². The van der Waals surface area contributed by atoms with Crippen LogP contribution in [0.5, 0.6) is 0 Å². The van der Waals surface area contributed by atoms with Gasteiger partial charge in [0.2, 0.25) is 0 Å². The van der Waals surface area contributed by atoms with Crippen LogP contribution in [0.1, 0.15) is 32.4 Å². The van der Waals surface area contributed by atoms with Crippen LogP contribution in [0.3, 0.4) is 0 Å². The summed E-state index contributed by atoms with van der Waals surface area (Å²) < 4.78 is 1.14. The van der Waals surface area contributed by atoms with Gasteiger partial charge in [-0.05, 0) is 41.8 Å². The highest BCUT2D eigenvalue weighted by Crippen LogP contribution is 2.38. The van der Waals surface area contributed by atoms with Gasteiger partial charge in [0, 0.05) is 39.8 Å². The Kier molecular flexibility index (Phi) is 4.57. The summed E-state index contributed by atoms with van der Waals surface area (Å²) in [6, 6.07) is 22.0. The first-order valence-electron chi connectivity index (χ1n) is 8.30. The minimum atomic E-state index is 0.468. The zero-order chi connectivity index (χ0) is 16.5. The Morgan fingerprint density at radius 1 is 1.08 bits per heavy atom. The Balaban J connectivity index is 1.66. The van der Waals surface area contributed by atoms with Crippen molar-refractivity contribution in [1.82, 2.24) is 4.90 Å². The topological polar surface area (TPSA) is 3.24 Å². The monoisotopic (exact) mass is 397 g/mol. The quantitative estimate of drug-likeness (QED) is 0.526. The molecule has 0 bridgehead atoms. The van der Waals surface area contributed by atoms with Gasteiger partial charge in [0.05, 0.1) is 0 Å². The lowest BCUT2D eigenvalue weighted by atomic mass is 9.88. The molecule has 1 unspecified atom stereocenters. The summed E-state index contributed by atoms with van der Waals surface area (Å²) >= 11 is 5.51. The molecule has 2 aromatic carbocycles. The maximum absolute atomic E-state index is 3.55. The minimum Gasteiger partial charge on any atom is -0.293 e. The molecule has 1 atom stereocenters. The van der Waals surface area contributed by atoms with Gasteiger partial charge in [-0.3, -0.25) is 4.90 Å². The summed E-state index contributed by atoms with van der Waals surface area (Å²) in [5.74, 6) is 0.468. The molecule has 0 N–H and O–H groups in total. The average Bonchev–Trinajstić information content (AvgIpc) is 2.96. The number of halogens is 1. The van der Waals surface area contributed by atoms with Crippen molar-refractivity contribution in [3.63, 3.8) is 0 Å². The molecule has 4 rings (SSSR count). The van der Waals surface area contributed by atoms with Gasteiger partial charge >= 0.3 is 0 Å². The van der Waals surface area contributed by atoms with Gasteiger partial charge in [-0.25, -0.2) is 0 Å². The van der Waals surface area contributed by atoms with E-state index in [9.17, 15) is 0 Å². The van der Waals surface area contributed by atoms with E-state index in [1.807, 2.05) is 11.3 Å². The van der Waals surface area contributed by atoms with Crippen LogP contribution in [-0.2, 0) is 13.1 Å². The van der Waals surface area contributed by atoms with E-state index in [0.717, 1.165) is 24.1 Å². The number of rotatable bonds is 3. The zero-order valence-corrected chi connectivity index (χ0v) is 16.1. The number of thiophene rings is 1. The molecule has 1 aromatic heterocycles. The third-order valence-corrected chi connectivity index (χ3v) is 6.25. The highest BCUT2D eigenvalue weighted by atomic mass is 79.9. The molecule has 0 radical (unpaired) electrons. The van der Waals surface area contributed by atoms with E-state index >= 15 is 0 Å². The van der Waals surface area contributed by atoms with E-state index in [-0.39, 0.29) is 0 Å². The van der Waals surface area contributed by atoms with E-state index in [0.29, 0.717) is 5.92 Å². The van der Waals surface area contributed by atoms with Crippen LogP contribution in [0.25, 0.3) is 0 Å². The summed E-state index contributed by atoms with van der Waals surface area (Å²) in [7, 11) is 0. The number of nitrogens with zero attached hydrogens (tertiary/aromatic N) is 1. The molecule has 24 heavy (non-hydrogen) atoms. The number of fused-ring (bicyclic) bond motifs is 1. The summed E-state index contributed by atoms with van der Waals surface area (Å²) in [6.45, 7) is 5.39. The maximum atomic E-state index is 3.55. The molecule has 0 spiro atoms. The lowest BCUT2D eigenvalue weighted by Crippen LogP contribution is -2.32. The van der Waals surface area contributed by atoms with Gasteiger partial charge in [0.1, 0.15) is 0 Å². The predicted octanol–water partition coefficient (Wildman–Crippen LogP) is 5.97. The van der Waals surface area contributed by atoms with Crippen molar-refractivity contribution >= 4 is 27.3 Å². The van der Waals surface area contributed by atoms with Crippen molar-refractivity contribution in [3.05, 3.63) is 91.6 Å². The van der Waals surface area contributed by atoms with Gasteiger partial charge in [0.15, 0.2) is 0 Å². The molecular weight excluding hydrogens is 378 g/mol. The van der Waals surface area contributed by atoms with Crippen molar-refractivity contribution in [3.8, 4) is 0 Å². The SMILES string of the molecule is Cc1cc2c(s1)CN(Cc1ccccc1)CC2c1ccc(Br)cc1. The summed E-state index contributed by atoms with van der Waals surface area (Å²) in [4.78, 5) is 5.53. The van der Waals surface area contributed by atoms with Crippen molar-refractivity contribution in [1.29, 1.82) is 0 Å². The van der Waals surface area contributed by atoms with Gasteiger partial charge in [0.25, 0.3) is 0 Å². The van der Waals surface area contributed by atoms with Crippen LogP contribution in [0.4, 0.5) is 0 Å². The van der Waals surface area contributed by atoms with Crippen LogP contribution < -0.4 is 0 Å². The highest BCUT2D eigenvalue weighted by Gasteiger charge is 2.28. The first-order valence-corrected chi connectivity index (χ1v) is 9.91. The molecule has 3 heteroatoms. The maximum Gasteiger partial charge on any atom is 0.0334 e. The van der Waals surface area contributed by atoms with E-state index < -0.39 is 0 Å². The van der Waals surface area contributed by atoms with Gasteiger partial charge in [-0.15, -0.1) is 11.3 Å². The molecule has 0 amide bonds. The third-order valence-electron chi connectivity index (χ3n) is 4.67. The number of hydrogen-bond donors (Lipinski definition) is 0. The Hall–Kier alpha value is -1.42. The molecule has 2 heterocycles. The van der Waals surface area contributed by atoms with Gasteiger partial charge < -0.3 is 0 Å². The summed E-state index contributed by atoms with van der Waals surface area (Å²) in [6.07, 6.45) is 0. The molecule has 3 aromatic rings. The highest BCUT2D eigenvalue weighted by molar-refractivity contribution is 9.10. The smallest absolute Gasteiger partial charge is 0.0334 e. The fourth-order valence-electron chi connectivity index (χ4n) is 3.57. The molecule has 1 aliphatic heterocycles. The molecule has 0 saturated carbocycles. The zero-order valence-electron chi connectivity index (χ0n) is 13.7. The third kappa shape index (κ3) is 3.34. The lowest BCUT2D eigenvalue weighted by Gasteiger charge is -2.33. The fraction of sp³-hybridized carbons (Fsp3) is 0.238. The summed E-state index contributed by atoms with van der Waals surface area (Å²) in [5, 5.41) is 0. The normalized spacial score (nSPS) is 17.7. The molecule has 1 aliphatic rings. The van der Waals surface area contributed by atoms with Crippen molar-refractivity contribution in [2.45, 2.75) is 25.9 Å². The van der Waals surface area contributed by atoms with E-state index in [2.05, 4.69) is 88.4 Å². The molecular formula is C21H20BrNS. The standard InChI is InChI=1S/C21H20BrNS/c1-15-11-19-20(17-7-9-18(22)10-8-17)13-23(14-21(19)24-15)12-16-5-3-2-4-6-16/h2-11,20H,12-14H2,1H3. The van der Waals surface area contributed by atoms with Gasteiger partial charge in [-0.1, -0.05) is 58.4 Å².